The van der Waals surface area contributed by atoms with Gasteiger partial charge >= 0.3 is 0 Å². The van der Waals surface area contributed by atoms with Crippen LogP contribution in [-0.4, -0.2) is 19.0 Å². The molecular weight excluding hydrogens is 236 g/mol. The van der Waals surface area contributed by atoms with Crippen LogP contribution >= 0.6 is 0 Å². The second kappa shape index (κ2) is 5.74. The SMILES string of the molecule is Cc1cc(C)cc(N(C)C(=O)C[C@@H]2CCC[C@H]2N)c1. The first kappa shape index (κ1) is 14.1. The molecule has 1 fully saturated rings. The molecule has 1 saturated carbocycles. The molecular formula is C16H24N2O. The fraction of sp³-hybridized carbons (Fsp3) is 0.562. The van der Waals surface area contributed by atoms with Crippen LogP contribution in [0.5, 0.6) is 0 Å². The van der Waals surface area contributed by atoms with Crippen LogP contribution in [-0.2, 0) is 4.79 Å². The Morgan fingerprint density at radius 3 is 2.42 bits per heavy atom. The normalized spacial score (nSPS) is 22.5. The van der Waals surface area contributed by atoms with Crippen molar-refractivity contribution in [2.24, 2.45) is 11.7 Å². The summed E-state index contributed by atoms with van der Waals surface area (Å²) in [6.45, 7) is 4.11. The highest BCUT2D eigenvalue weighted by atomic mass is 16.2. The van der Waals surface area contributed by atoms with Gasteiger partial charge in [0.05, 0.1) is 0 Å². The van der Waals surface area contributed by atoms with Crippen molar-refractivity contribution in [2.45, 2.75) is 45.6 Å². The van der Waals surface area contributed by atoms with Crippen molar-refractivity contribution in [1.82, 2.24) is 0 Å². The molecule has 0 unspecified atom stereocenters. The minimum absolute atomic E-state index is 0.173. The molecule has 1 aromatic rings. The third-order valence-electron chi connectivity index (χ3n) is 4.12. The molecule has 2 N–H and O–H groups in total. The van der Waals surface area contributed by atoms with Gasteiger partial charge in [-0.05, 0) is 55.9 Å². The standard InChI is InChI=1S/C16H24N2O/c1-11-7-12(2)9-14(8-11)18(3)16(19)10-13-5-4-6-15(13)17/h7-9,13,15H,4-6,10,17H2,1-3H3/t13-,15+/m0/s1. The average Bonchev–Trinajstić information content (AvgIpc) is 2.72. The van der Waals surface area contributed by atoms with Gasteiger partial charge in [0.2, 0.25) is 5.91 Å². The third kappa shape index (κ3) is 3.35. The minimum Gasteiger partial charge on any atom is -0.327 e. The molecule has 19 heavy (non-hydrogen) atoms. The Morgan fingerprint density at radius 1 is 1.26 bits per heavy atom. The van der Waals surface area contributed by atoms with Gasteiger partial charge in [-0.15, -0.1) is 0 Å². The van der Waals surface area contributed by atoms with Crippen molar-refractivity contribution in [1.29, 1.82) is 0 Å². The largest absolute Gasteiger partial charge is 0.327 e. The summed E-state index contributed by atoms with van der Waals surface area (Å²) in [5.74, 6) is 0.535. The molecule has 2 atom stereocenters. The van der Waals surface area contributed by atoms with Crippen molar-refractivity contribution in [2.75, 3.05) is 11.9 Å². The molecule has 3 nitrogen and oxygen atoms in total. The van der Waals surface area contributed by atoms with E-state index in [0.29, 0.717) is 12.3 Å². The number of nitrogens with two attached hydrogens (primary N) is 1. The number of nitrogens with zero attached hydrogens (tertiary/aromatic N) is 1. The van der Waals surface area contributed by atoms with Crippen molar-refractivity contribution < 1.29 is 4.79 Å². The zero-order chi connectivity index (χ0) is 14.0. The summed E-state index contributed by atoms with van der Waals surface area (Å²) in [5, 5.41) is 0. The molecule has 0 aromatic heterocycles. The molecule has 1 aromatic carbocycles. The monoisotopic (exact) mass is 260 g/mol. The minimum atomic E-state index is 0.173. The van der Waals surface area contributed by atoms with E-state index in [4.69, 9.17) is 5.73 Å². The number of rotatable bonds is 3. The van der Waals surface area contributed by atoms with Gasteiger partial charge < -0.3 is 10.6 Å². The van der Waals surface area contributed by atoms with Gasteiger partial charge in [-0.1, -0.05) is 12.5 Å². The zero-order valence-corrected chi connectivity index (χ0v) is 12.1. The van der Waals surface area contributed by atoms with Crippen LogP contribution < -0.4 is 10.6 Å². The van der Waals surface area contributed by atoms with Crippen LogP contribution in [0.3, 0.4) is 0 Å². The van der Waals surface area contributed by atoms with Crippen molar-refractivity contribution >= 4 is 11.6 Å². The molecule has 0 radical (unpaired) electrons. The number of anilines is 1. The van der Waals surface area contributed by atoms with Gasteiger partial charge in [0, 0.05) is 25.2 Å². The molecule has 1 aliphatic carbocycles. The Hall–Kier alpha value is -1.35. The Balaban J connectivity index is 2.06. The van der Waals surface area contributed by atoms with Gasteiger partial charge in [-0.2, -0.15) is 0 Å². The predicted octanol–water partition coefficient (Wildman–Crippen LogP) is 2.78. The maximum absolute atomic E-state index is 12.3. The molecule has 0 aliphatic heterocycles. The van der Waals surface area contributed by atoms with Gasteiger partial charge in [0.15, 0.2) is 0 Å². The van der Waals surface area contributed by atoms with Gasteiger partial charge in [-0.3, -0.25) is 4.79 Å². The van der Waals surface area contributed by atoms with E-state index in [1.807, 2.05) is 7.05 Å². The molecule has 104 valence electrons. The summed E-state index contributed by atoms with van der Waals surface area (Å²) in [6.07, 6.45) is 3.88. The molecule has 2 rings (SSSR count). The van der Waals surface area contributed by atoms with E-state index < -0.39 is 0 Å². The lowest BCUT2D eigenvalue weighted by molar-refractivity contribution is -0.119. The fourth-order valence-corrected chi connectivity index (χ4v) is 2.97. The summed E-state index contributed by atoms with van der Waals surface area (Å²) in [6, 6.07) is 6.43. The number of aryl methyl sites for hydroxylation is 2. The van der Waals surface area contributed by atoms with Crippen LogP contribution in [0.25, 0.3) is 0 Å². The van der Waals surface area contributed by atoms with Crippen LogP contribution in [0, 0.1) is 19.8 Å². The van der Waals surface area contributed by atoms with Gasteiger partial charge in [-0.25, -0.2) is 0 Å². The van der Waals surface area contributed by atoms with E-state index in [1.165, 1.54) is 11.1 Å². The highest BCUT2D eigenvalue weighted by Gasteiger charge is 2.27. The Morgan fingerprint density at radius 2 is 1.89 bits per heavy atom. The molecule has 3 heteroatoms. The lowest BCUT2D eigenvalue weighted by Gasteiger charge is -2.22. The third-order valence-corrected chi connectivity index (χ3v) is 4.12. The number of hydrogen-bond acceptors (Lipinski definition) is 2. The number of benzene rings is 1. The van der Waals surface area contributed by atoms with Gasteiger partial charge in [0.25, 0.3) is 0 Å². The highest BCUT2D eigenvalue weighted by Crippen LogP contribution is 2.28. The van der Waals surface area contributed by atoms with E-state index in [1.54, 1.807) is 4.90 Å². The van der Waals surface area contributed by atoms with E-state index in [0.717, 1.165) is 24.9 Å². The summed E-state index contributed by atoms with van der Waals surface area (Å²) >= 11 is 0. The van der Waals surface area contributed by atoms with Crippen molar-refractivity contribution in [3.63, 3.8) is 0 Å². The number of amides is 1. The molecule has 0 spiro atoms. The molecule has 1 amide bonds. The number of carbonyl (C=O) groups is 1. The van der Waals surface area contributed by atoms with Crippen LogP contribution in [0.4, 0.5) is 5.69 Å². The van der Waals surface area contributed by atoms with Crippen LogP contribution in [0.2, 0.25) is 0 Å². The zero-order valence-electron chi connectivity index (χ0n) is 12.1. The Bertz CT molecular complexity index is 450. The number of hydrogen-bond donors (Lipinski definition) is 1. The first-order chi connectivity index (χ1) is 8.97. The average molecular weight is 260 g/mol. The highest BCUT2D eigenvalue weighted by molar-refractivity contribution is 5.93. The molecule has 1 aliphatic rings. The Kier molecular flexibility index (Phi) is 4.25. The summed E-state index contributed by atoms with van der Waals surface area (Å²) < 4.78 is 0. The van der Waals surface area contributed by atoms with Crippen LogP contribution in [0.15, 0.2) is 18.2 Å². The quantitative estimate of drug-likeness (QED) is 0.908. The first-order valence-electron chi connectivity index (χ1n) is 7.08. The Labute approximate surface area is 115 Å². The lowest BCUT2D eigenvalue weighted by atomic mass is 9.99. The van der Waals surface area contributed by atoms with Crippen molar-refractivity contribution in [3.05, 3.63) is 29.3 Å². The lowest BCUT2D eigenvalue weighted by Crippen LogP contribution is -2.33. The summed E-state index contributed by atoms with van der Waals surface area (Å²) in [5.41, 5.74) is 9.40. The predicted molar refractivity (Wildman–Crippen MR) is 79.3 cm³/mol. The van der Waals surface area contributed by atoms with E-state index in [2.05, 4.69) is 32.0 Å². The van der Waals surface area contributed by atoms with Crippen LogP contribution in [0.1, 0.15) is 36.8 Å². The second-order valence-electron chi connectivity index (χ2n) is 5.86. The van der Waals surface area contributed by atoms with E-state index in [-0.39, 0.29) is 11.9 Å². The van der Waals surface area contributed by atoms with E-state index >= 15 is 0 Å². The molecule has 0 bridgehead atoms. The topological polar surface area (TPSA) is 46.3 Å². The summed E-state index contributed by atoms with van der Waals surface area (Å²) in [4.78, 5) is 14.1. The second-order valence-corrected chi connectivity index (χ2v) is 5.86. The van der Waals surface area contributed by atoms with Gasteiger partial charge in [0.1, 0.15) is 0 Å². The molecule has 0 saturated heterocycles. The maximum atomic E-state index is 12.3. The first-order valence-corrected chi connectivity index (χ1v) is 7.08. The maximum Gasteiger partial charge on any atom is 0.227 e. The smallest absolute Gasteiger partial charge is 0.227 e. The summed E-state index contributed by atoms with van der Waals surface area (Å²) in [7, 11) is 1.86. The van der Waals surface area contributed by atoms with Crippen molar-refractivity contribution in [3.8, 4) is 0 Å². The fourth-order valence-electron chi connectivity index (χ4n) is 2.97. The van der Waals surface area contributed by atoms with E-state index in [9.17, 15) is 4.79 Å². The molecule has 0 heterocycles. The number of carbonyl (C=O) groups excluding carboxylic acids is 1.